The van der Waals surface area contributed by atoms with Crippen LogP contribution in [0.4, 0.5) is 20.6 Å². The third-order valence-electron chi connectivity index (χ3n) is 4.94. The number of aromatic nitrogens is 1. The summed E-state index contributed by atoms with van der Waals surface area (Å²) in [6.07, 6.45) is 3.39. The van der Waals surface area contributed by atoms with E-state index in [-0.39, 0.29) is 18.6 Å². The number of nitrogens with one attached hydrogen (secondary N) is 3. The van der Waals surface area contributed by atoms with Gasteiger partial charge in [-0.25, -0.2) is 9.18 Å². The SMILES string of the molecule is COCC(=O)N[C@@H]1CCCN(Cc2cc(F)cc(NC(=O)Nc3ccc(C)nc3)c2)C1. The van der Waals surface area contributed by atoms with E-state index < -0.39 is 11.8 Å². The van der Waals surface area contributed by atoms with Gasteiger partial charge in [0.1, 0.15) is 12.4 Å². The van der Waals surface area contributed by atoms with E-state index in [2.05, 4.69) is 25.8 Å². The lowest BCUT2D eigenvalue weighted by Crippen LogP contribution is -2.48. The van der Waals surface area contributed by atoms with Gasteiger partial charge in [0.05, 0.1) is 11.9 Å². The number of rotatable bonds is 7. The summed E-state index contributed by atoms with van der Waals surface area (Å²) in [4.78, 5) is 30.3. The molecular weight excluding hydrogens is 401 g/mol. The summed E-state index contributed by atoms with van der Waals surface area (Å²) in [6.45, 7) is 3.95. The summed E-state index contributed by atoms with van der Waals surface area (Å²) in [5.41, 5.74) is 2.51. The fraction of sp³-hybridized carbons (Fsp3) is 0.409. The van der Waals surface area contributed by atoms with Gasteiger partial charge in [-0.05, 0) is 62.2 Å². The summed E-state index contributed by atoms with van der Waals surface area (Å²) >= 11 is 0. The lowest BCUT2D eigenvalue weighted by atomic mass is 10.0. The molecular formula is C22H28FN5O3. The second kappa shape index (κ2) is 10.8. The van der Waals surface area contributed by atoms with E-state index in [0.29, 0.717) is 24.5 Å². The quantitative estimate of drug-likeness (QED) is 0.629. The molecule has 1 fully saturated rings. The standard InChI is InChI=1S/C22H28FN5O3/c1-15-5-6-18(11-24-15)26-22(30)27-20-9-16(8-17(23)10-20)12-28-7-3-4-19(13-28)25-21(29)14-31-2/h5-6,8-11,19H,3-4,7,12-14H2,1-2H3,(H,25,29)(H2,26,27,30)/t19-/m1/s1. The molecule has 1 atom stereocenters. The summed E-state index contributed by atoms with van der Waals surface area (Å²) in [5, 5.41) is 8.30. The third-order valence-corrected chi connectivity index (χ3v) is 4.94. The third kappa shape index (κ3) is 7.30. The Morgan fingerprint density at radius 2 is 2.03 bits per heavy atom. The molecule has 31 heavy (non-hydrogen) atoms. The van der Waals surface area contributed by atoms with Crippen molar-refractivity contribution in [3.8, 4) is 0 Å². The number of carbonyl (C=O) groups is 2. The number of hydrogen-bond donors (Lipinski definition) is 3. The highest BCUT2D eigenvalue weighted by Crippen LogP contribution is 2.19. The number of anilines is 2. The van der Waals surface area contributed by atoms with Crippen LogP contribution in [0.3, 0.4) is 0 Å². The maximum Gasteiger partial charge on any atom is 0.323 e. The molecule has 1 aliphatic heterocycles. The molecule has 1 saturated heterocycles. The van der Waals surface area contributed by atoms with Crippen molar-refractivity contribution in [2.45, 2.75) is 32.4 Å². The lowest BCUT2D eigenvalue weighted by molar-refractivity contribution is -0.125. The monoisotopic (exact) mass is 429 g/mol. The van der Waals surface area contributed by atoms with Crippen LogP contribution in [-0.2, 0) is 16.1 Å². The first kappa shape index (κ1) is 22.6. The first-order valence-electron chi connectivity index (χ1n) is 10.2. The number of halogens is 1. The van der Waals surface area contributed by atoms with Gasteiger partial charge in [-0.2, -0.15) is 0 Å². The molecule has 0 saturated carbocycles. The van der Waals surface area contributed by atoms with Crippen LogP contribution in [0.25, 0.3) is 0 Å². The van der Waals surface area contributed by atoms with Crippen molar-refractivity contribution in [3.05, 3.63) is 53.6 Å². The molecule has 8 nitrogen and oxygen atoms in total. The van der Waals surface area contributed by atoms with Gasteiger partial charge in [-0.1, -0.05) is 0 Å². The number of aryl methyl sites for hydroxylation is 1. The number of nitrogens with zero attached hydrogens (tertiary/aromatic N) is 2. The Hall–Kier alpha value is -3.04. The second-order valence-corrected chi connectivity index (χ2v) is 7.69. The van der Waals surface area contributed by atoms with E-state index in [4.69, 9.17) is 4.74 Å². The summed E-state index contributed by atoms with van der Waals surface area (Å²) in [6, 6.07) is 7.60. The average molecular weight is 429 g/mol. The Morgan fingerprint density at radius 1 is 1.23 bits per heavy atom. The molecule has 1 aromatic heterocycles. The molecule has 0 unspecified atom stereocenters. The van der Waals surface area contributed by atoms with Gasteiger partial charge in [-0.15, -0.1) is 0 Å². The zero-order chi connectivity index (χ0) is 22.2. The topological polar surface area (TPSA) is 95.6 Å². The van der Waals surface area contributed by atoms with Crippen LogP contribution in [0, 0.1) is 12.7 Å². The maximum atomic E-state index is 14.2. The van der Waals surface area contributed by atoms with Gasteiger partial charge in [0.2, 0.25) is 5.91 Å². The van der Waals surface area contributed by atoms with Gasteiger partial charge in [-0.3, -0.25) is 14.7 Å². The molecule has 2 heterocycles. The Labute approximate surface area is 181 Å². The number of urea groups is 1. The lowest BCUT2D eigenvalue weighted by Gasteiger charge is -2.33. The molecule has 0 aliphatic carbocycles. The zero-order valence-electron chi connectivity index (χ0n) is 17.8. The molecule has 3 amide bonds. The summed E-state index contributed by atoms with van der Waals surface area (Å²) in [5.74, 6) is -0.562. The van der Waals surface area contributed by atoms with Crippen molar-refractivity contribution >= 4 is 23.3 Å². The first-order valence-corrected chi connectivity index (χ1v) is 10.2. The van der Waals surface area contributed by atoms with Crippen LogP contribution < -0.4 is 16.0 Å². The maximum absolute atomic E-state index is 14.2. The number of pyridine rings is 1. The molecule has 3 rings (SSSR count). The molecule has 3 N–H and O–H groups in total. The molecule has 0 spiro atoms. The number of amides is 3. The Bertz CT molecular complexity index is 907. The number of hydrogen-bond acceptors (Lipinski definition) is 5. The van der Waals surface area contributed by atoms with E-state index in [1.165, 1.54) is 19.2 Å². The number of benzene rings is 1. The minimum atomic E-state index is -0.471. The molecule has 2 aromatic rings. The highest BCUT2D eigenvalue weighted by molar-refractivity contribution is 5.99. The molecule has 1 aromatic carbocycles. The van der Waals surface area contributed by atoms with E-state index in [0.717, 1.165) is 30.6 Å². The normalized spacial score (nSPS) is 16.5. The van der Waals surface area contributed by atoms with Gasteiger partial charge in [0.25, 0.3) is 0 Å². The molecule has 9 heteroatoms. The van der Waals surface area contributed by atoms with Crippen molar-refractivity contribution < 1.29 is 18.7 Å². The Balaban J connectivity index is 1.58. The minimum Gasteiger partial charge on any atom is -0.375 e. The highest BCUT2D eigenvalue weighted by atomic mass is 19.1. The fourth-order valence-electron chi connectivity index (χ4n) is 3.62. The zero-order valence-corrected chi connectivity index (χ0v) is 17.8. The highest BCUT2D eigenvalue weighted by Gasteiger charge is 2.21. The van der Waals surface area contributed by atoms with Gasteiger partial charge >= 0.3 is 6.03 Å². The van der Waals surface area contributed by atoms with Crippen molar-refractivity contribution in [1.29, 1.82) is 0 Å². The predicted molar refractivity (Wildman–Crippen MR) is 116 cm³/mol. The fourth-order valence-corrected chi connectivity index (χ4v) is 3.62. The van der Waals surface area contributed by atoms with E-state index in [9.17, 15) is 14.0 Å². The Kier molecular flexibility index (Phi) is 7.91. The first-order chi connectivity index (χ1) is 14.9. The Morgan fingerprint density at radius 3 is 2.77 bits per heavy atom. The van der Waals surface area contributed by atoms with Gasteiger partial charge < -0.3 is 20.7 Å². The van der Waals surface area contributed by atoms with Crippen LogP contribution in [0.1, 0.15) is 24.1 Å². The number of methoxy groups -OCH3 is 1. The van der Waals surface area contributed by atoms with Crippen LogP contribution in [-0.4, -0.2) is 54.7 Å². The van der Waals surface area contributed by atoms with Crippen LogP contribution in [0.5, 0.6) is 0 Å². The second-order valence-electron chi connectivity index (χ2n) is 7.69. The van der Waals surface area contributed by atoms with Crippen molar-refractivity contribution in [2.24, 2.45) is 0 Å². The predicted octanol–water partition coefficient (Wildman–Crippen LogP) is 2.90. The van der Waals surface area contributed by atoms with Gasteiger partial charge in [0.15, 0.2) is 0 Å². The average Bonchev–Trinajstić information content (AvgIpc) is 2.69. The summed E-state index contributed by atoms with van der Waals surface area (Å²) in [7, 11) is 1.49. The largest absolute Gasteiger partial charge is 0.375 e. The smallest absolute Gasteiger partial charge is 0.323 e. The molecule has 166 valence electrons. The van der Waals surface area contributed by atoms with E-state index in [1.54, 1.807) is 24.4 Å². The van der Waals surface area contributed by atoms with Crippen LogP contribution in [0.2, 0.25) is 0 Å². The number of likely N-dealkylation sites (tertiary alicyclic amines) is 1. The van der Waals surface area contributed by atoms with Crippen LogP contribution in [0.15, 0.2) is 36.5 Å². The molecule has 1 aliphatic rings. The van der Waals surface area contributed by atoms with Gasteiger partial charge in [0, 0.05) is 37.6 Å². The number of carbonyl (C=O) groups excluding carboxylic acids is 2. The summed E-state index contributed by atoms with van der Waals surface area (Å²) < 4.78 is 19.0. The number of piperidine rings is 1. The van der Waals surface area contributed by atoms with E-state index >= 15 is 0 Å². The van der Waals surface area contributed by atoms with Crippen molar-refractivity contribution in [3.63, 3.8) is 0 Å². The minimum absolute atomic E-state index is 0.0378. The van der Waals surface area contributed by atoms with E-state index in [1.807, 2.05) is 6.92 Å². The van der Waals surface area contributed by atoms with Crippen molar-refractivity contribution in [2.75, 3.05) is 37.4 Å². The van der Waals surface area contributed by atoms with Crippen LogP contribution >= 0.6 is 0 Å². The van der Waals surface area contributed by atoms with Crippen molar-refractivity contribution in [1.82, 2.24) is 15.2 Å². The number of ether oxygens (including phenoxy) is 1. The molecule has 0 radical (unpaired) electrons. The molecule has 0 bridgehead atoms.